The number of benzene rings is 1. The molecule has 7 nitrogen and oxygen atoms in total. The highest BCUT2D eigenvalue weighted by atomic mass is 35.5. The van der Waals surface area contributed by atoms with Gasteiger partial charge in [-0.05, 0) is 12.5 Å². The number of aryl methyl sites for hydroxylation is 1. The van der Waals surface area contributed by atoms with E-state index in [0.29, 0.717) is 5.56 Å². The quantitative estimate of drug-likeness (QED) is 0.249. The van der Waals surface area contributed by atoms with E-state index >= 15 is 0 Å². The van der Waals surface area contributed by atoms with Crippen LogP contribution in [0.25, 0.3) is 0 Å². The van der Waals surface area contributed by atoms with E-state index in [0.717, 1.165) is 6.07 Å². The van der Waals surface area contributed by atoms with E-state index in [4.69, 9.17) is 17.3 Å². The smallest absolute Gasteiger partial charge is 0.289 e. The van der Waals surface area contributed by atoms with Gasteiger partial charge in [0.15, 0.2) is 0 Å². The number of sulfonamides is 1. The van der Waals surface area contributed by atoms with Crippen LogP contribution in [0, 0.1) is 17.0 Å². The van der Waals surface area contributed by atoms with Gasteiger partial charge < -0.3 is 0 Å². The third-order valence-corrected chi connectivity index (χ3v) is 3.92. The lowest BCUT2D eigenvalue weighted by atomic mass is 10.2. The van der Waals surface area contributed by atoms with Gasteiger partial charge in [-0.15, -0.1) is 11.6 Å². The van der Waals surface area contributed by atoms with Crippen LogP contribution in [0.15, 0.2) is 23.1 Å². The first-order valence-corrected chi connectivity index (χ1v) is 6.75. The molecule has 9 heteroatoms. The molecule has 1 aromatic carbocycles. The summed E-state index contributed by atoms with van der Waals surface area (Å²) in [6.45, 7) is 1.52. The average Bonchev–Trinajstić information content (AvgIpc) is 2.28. The number of hydrogen-bond donors (Lipinski definition) is 2. The minimum atomic E-state index is -3.96. The fourth-order valence-corrected chi connectivity index (χ4v) is 2.69. The zero-order valence-corrected chi connectivity index (χ0v) is 11.0. The summed E-state index contributed by atoms with van der Waals surface area (Å²) in [5, 5.41) is 10.6. The summed E-state index contributed by atoms with van der Waals surface area (Å²) in [6, 6.07) is 3.55. The maximum Gasteiger partial charge on any atom is 0.329 e. The van der Waals surface area contributed by atoms with Crippen molar-refractivity contribution in [2.24, 2.45) is 5.73 Å². The minimum Gasteiger partial charge on any atom is -0.289 e. The Morgan fingerprint density at radius 3 is 2.67 bits per heavy atom. The summed E-state index contributed by atoms with van der Waals surface area (Å²) in [5.74, 6) is -0.338. The van der Waals surface area contributed by atoms with Crippen LogP contribution in [0.4, 0.5) is 5.69 Å². The Balaban J connectivity index is 3.41. The van der Waals surface area contributed by atoms with Crippen molar-refractivity contribution in [3.8, 4) is 0 Å². The van der Waals surface area contributed by atoms with Gasteiger partial charge in [0.25, 0.3) is 11.5 Å². The number of nitro benzene ring substituents is 1. The number of nitrogens with zero attached hydrogens (tertiary/aromatic N) is 1. The lowest BCUT2D eigenvalue weighted by molar-refractivity contribution is -0.385. The van der Waals surface area contributed by atoms with Crippen molar-refractivity contribution in [2.75, 3.05) is 5.88 Å². The molecule has 1 rings (SSSR count). The zero-order valence-electron chi connectivity index (χ0n) is 9.38. The topological polar surface area (TPSA) is 117 Å². The minimum absolute atomic E-state index is 0.150. The molecule has 0 fully saturated rings. The molecule has 0 radical (unpaired) electrons. The molecule has 0 aliphatic rings. The van der Waals surface area contributed by atoms with Gasteiger partial charge in [0.05, 0.1) is 4.92 Å². The molecule has 0 aliphatic carbocycles. The van der Waals surface area contributed by atoms with Crippen LogP contribution < -0.4 is 10.1 Å². The van der Waals surface area contributed by atoms with Crippen LogP contribution in [0.3, 0.4) is 0 Å². The maximum atomic E-state index is 11.9. The first-order valence-electron chi connectivity index (χ1n) is 4.73. The Morgan fingerprint density at radius 2 is 2.17 bits per heavy atom. The molecule has 18 heavy (non-hydrogen) atoms. The molecular formula is C9H11ClN3O4S+. The first-order chi connectivity index (χ1) is 8.27. The summed E-state index contributed by atoms with van der Waals surface area (Å²) >= 11 is 5.37. The highest BCUT2D eigenvalue weighted by molar-refractivity contribution is 7.84. The van der Waals surface area contributed by atoms with Gasteiger partial charge in [-0.25, -0.2) is 0 Å². The Kier molecular flexibility index (Phi) is 4.25. The molecule has 1 aromatic rings. The van der Waals surface area contributed by atoms with Gasteiger partial charge in [0.1, 0.15) is 10.8 Å². The number of halogens is 1. The van der Waals surface area contributed by atoms with Crippen LogP contribution in [0.5, 0.6) is 0 Å². The zero-order chi connectivity index (χ0) is 13.9. The van der Waals surface area contributed by atoms with Crippen LogP contribution in [0.1, 0.15) is 5.56 Å². The number of nitrogens with two attached hydrogens (primary N) is 1. The monoisotopic (exact) mass is 292 g/mol. The van der Waals surface area contributed by atoms with Crippen molar-refractivity contribution in [1.82, 2.24) is 0 Å². The third-order valence-electron chi connectivity index (χ3n) is 2.08. The summed E-state index contributed by atoms with van der Waals surface area (Å²) in [4.78, 5) is 9.73. The SMILES string of the molecule is Cc1ccc([N+](=O)[O-])cc1S(=O)(=O)[NH+]=C(N)CCl. The summed E-state index contributed by atoms with van der Waals surface area (Å²) in [5.41, 5.74) is 5.36. The predicted molar refractivity (Wildman–Crippen MR) is 65.9 cm³/mol. The molecule has 0 atom stereocenters. The second kappa shape index (κ2) is 5.32. The van der Waals surface area contributed by atoms with Gasteiger partial charge in [-0.1, -0.05) is 6.07 Å². The highest BCUT2D eigenvalue weighted by Gasteiger charge is 2.22. The van der Waals surface area contributed by atoms with Crippen molar-refractivity contribution in [3.05, 3.63) is 33.9 Å². The molecule has 0 bridgehead atoms. The van der Waals surface area contributed by atoms with E-state index in [2.05, 4.69) is 0 Å². The molecular weight excluding hydrogens is 282 g/mol. The van der Waals surface area contributed by atoms with E-state index in [1.54, 1.807) is 0 Å². The van der Waals surface area contributed by atoms with E-state index in [1.165, 1.54) is 19.1 Å². The fraction of sp³-hybridized carbons (Fsp3) is 0.222. The van der Waals surface area contributed by atoms with Gasteiger partial charge >= 0.3 is 10.0 Å². The molecule has 0 aromatic heterocycles. The Labute approximate surface area is 108 Å². The lowest BCUT2D eigenvalue weighted by Gasteiger charge is -2.02. The number of alkyl halides is 1. The highest BCUT2D eigenvalue weighted by Crippen LogP contribution is 2.19. The number of amidine groups is 1. The number of rotatable bonds is 4. The molecule has 0 unspecified atom stereocenters. The van der Waals surface area contributed by atoms with E-state index < -0.39 is 14.9 Å². The standard InChI is InChI=1S/C9H10ClN3O4S/c1-6-2-3-7(13(14)15)4-8(6)18(16,17)12-9(11)5-10/h2-4H,5H2,1H3,(H2,11,12)/p+1. The van der Waals surface area contributed by atoms with E-state index in [9.17, 15) is 18.5 Å². The van der Waals surface area contributed by atoms with E-state index in [1.807, 2.05) is 4.40 Å². The largest absolute Gasteiger partial charge is 0.329 e. The van der Waals surface area contributed by atoms with Crippen LogP contribution >= 0.6 is 11.6 Å². The molecule has 0 saturated carbocycles. The summed E-state index contributed by atoms with van der Waals surface area (Å²) < 4.78 is 25.8. The van der Waals surface area contributed by atoms with Crippen LogP contribution in [0.2, 0.25) is 0 Å². The van der Waals surface area contributed by atoms with Crippen LogP contribution in [-0.2, 0) is 10.0 Å². The molecule has 0 heterocycles. The normalized spacial score (nSPS) is 12.4. The Morgan fingerprint density at radius 1 is 1.56 bits per heavy atom. The predicted octanol–water partition coefficient (Wildman–Crippen LogP) is -0.731. The van der Waals surface area contributed by atoms with Crippen molar-refractivity contribution < 1.29 is 17.7 Å². The van der Waals surface area contributed by atoms with Crippen molar-refractivity contribution in [1.29, 1.82) is 0 Å². The molecule has 98 valence electrons. The van der Waals surface area contributed by atoms with Gasteiger partial charge in [0, 0.05) is 12.1 Å². The van der Waals surface area contributed by atoms with Crippen LogP contribution in [-0.4, -0.2) is 25.1 Å². The van der Waals surface area contributed by atoms with Gasteiger partial charge in [0.2, 0.25) is 0 Å². The molecule has 3 N–H and O–H groups in total. The first kappa shape index (κ1) is 14.4. The Bertz CT molecular complexity index is 612. The molecule has 0 amide bonds. The molecule has 0 spiro atoms. The molecule has 0 aliphatic heterocycles. The second-order valence-electron chi connectivity index (χ2n) is 3.47. The second-order valence-corrected chi connectivity index (χ2v) is 5.39. The van der Waals surface area contributed by atoms with Crippen molar-refractivity contribution in [3.63, 3.8) is 0 Å². The van der Waals surface area contributed by atoms with Gasteiger partial charge in [-0.3, -0.25) is 15.8 Å². The Hall–Kier alpha value is -1.67. The third kappa shape index (κ3) is 3.17. The number of nitro groups is 1. The van der Waals surface area contributed by atoms with Crippen molar-refractivity contribution >= 4 is 33.1 Å². The summed E-state index contributed by atoms with van der Waals surface area (Å²) in [7, 11) is -3.96. The van der Waals surface area contributed by atoms with E-state index in [-0.39, 0.29) is 22.3 Å². The van der Waals surface area contributed by atoms with Gasteiger partial charge in [-0.2, -0.15) is 12.8 Å². The number of non-ortho nitro benzene ring substituents is 1. The summed E-state index contributed by atoms with van der Waals surface area (Å²) in [6.07, 6.45) is 0. The number of hydrogen-bond acceptors (Lipinski definition) is 4. The molecule has 0 saturated heterocycles. The van der Waals surface area contributed by atoms with Crippen molar-refractivity contribution in [2.45, 2.75) is 11.8 Å². The average molecular weight is 293 g/mol. The fourth-order valence-electron chi connectivity index (χ4n) is 1.25. The lowest BCUT2D eigenvalue weighted by Crippen LogP contribution is -2.79. The maximum absolute atomic E-state index is 11.9. The number of nitrogens with one attached hydrogen (secondary N) is 1.